The van der Waals surface area contributed by atoms with Crippen molar-refractivity contribution < 1.29 is 19.1 Å². The summed E-state index contributed by atoms with van der Waals surface area (Å²) in [5.41, 5.74) is 2.63. The molecule has 2 rings (SSSR count). The molecule has 0 saturated carbocycles. The Labute approximate surface area is 147 Å². The molecule has 0 radical (unpaired) electrons. The molecule has 0 aliphatic rings. The zero-order chi connectivity index (χ0) is 18.4. The number of para-hydroxylation sites is 1. The van der Waals surface area contributed by atoms with Gasteiger partial charge in [0.05, 0.1) is 18.7 Å². The van der Waals surface area contributed by atoms with E-state index >= 15 is 0 Å². The van der Waals surface area contributed by atoms with Crippen LogP contribution in [0.5, 0.6) is 5.75 Å². The van der Waals surface area contributed by atoms with Crippen LogP contribution in [0.15, 0.2) is 36.5 Å². The van der Waals surface area contributed by atoms with Crippen molar-refractivity contribution in [3.05, 3.63) is 58.9 Å². The average Bonchev–Trinajstić information content (AvgIpc) is 2.60. The van der Waals surface area contributed by atoms with Crippen molar-refractivity contribution in [2.75, 3.05) is 13.7 Å². The minimum absolute atomic E-state index is 0.200. The van der Waals surface area contributed by atoms with Crippen molar-refractivity contribution in [2.45, 2.75) is 26.8 Å². The molecule has 1 N–H and O–H groups in total. The second kappa shape index (κ2) is 8.28. The molecule has 0 spiro atoms. The van der Waals surface area contributed by atoms with E-state index in [1.165, 1.54) is 25.4 Å². The lowest BCUT2D eigenvalue weighted by molar-refractivity contribution is 0.0599. The molecule has 25 heavy (non-hydrogen) atoms. The van der Waals surface area contributed by atoms with Crippen LogP contribution >= 0.6 is 0 Å². The Kier molecular flexibility index (Phi) is 6.11. The van der Waals surface area contributed by atoms with Gasteiger partial charge in [0.2, 0.25) is 0 Å². The molecule has 0 bridgehead atoms. The second-order valence-electron chi connectivity index (χ2n) is 5.83. The first-order valence-corrected chi connectivity index (χ1v) is 7.96. The van der Waals surface area contributed by atoms with Crippen LogP contribution in [0.1, 0.15) is 38.9 Å². The molecule has 0 aliphatic heterocycles. The van der Waals surface area contributed by atoms with Gasteiger partial charge in [-0.05, 0) is 44.0 Å². The number of nitrogens with zero attached hydrogens (tertiary/aromatic N) is 1. The number of amides is 1. The number of aromatic nitrogens is 1. The summed E-state index contributed by atoms with van der Waals surface area (Å²) in [6.07, 6.45) is 1.32. The summed E-state index contributed by atoms with van der Waals surface area (Å²) in [7, 11) is 1.29. The van der Waals surface area contributed by atoms with Gasteiger partial charge in [0.25, 0.3) is 5.91 Å². The fraction of sp³-hybridized carbons (Fsp3) is 0.316. The van der Waals surface area contributed by atoms with Gasteiger partial charge in [-0.2, -0.15) is 0 Å². The van der Waals surface area contributed by atoms with E-state index in [1.807, 2.05) is 39.0 Å². The number of rotatable bonds is 6. The van der Waals surface area contributed by atoms with Crippen LogP contribution < -0.4 is 10.1 Å². The van der Waals surface area contributed by atoms with Crippen LogP contribution in [0.3, 0.4) is 0 Å². The van der Waals surface area contributed by atoms with Crippen LogP contribution in [-0.2, 0) is 4.74 Å². The maximum Gasteiger partial charge on any atom is 0.339 e. The standard InChI is InChI=1S/C19H22N2O4/c1-12-6-5-7-13(2)17(12)25-11-14(3)21-18(22)16-9-8-15(10-20-16)19(23)24-4/h5-10,14H,11H2,1-4H3,(H,21,22). The van der Waals surface area contributed by atoms with Gasteiger partial charge in [-0.3, -0.25) is 9.78 Å². The lowest BCUT2D eigenvalue weighted by Crippen LogP contribution is -2.37. The summed E-state index contributed by atoms with van der Waals surface area (Å²) in [6.45, 7) is 6.17. The Morgan fingerprint density at radius 1 is 1.16 bits per heavy atom. The largest absolute Gasteiger partial charge is 0.491 e. The van der Waals surface area contributed by atoms with Gasteiger partial charge in [0.1, 0.15) is 18.1 Å². The third kappa shape index (κ3) is 4.79. The molecular weight excluding hydrogens is 320 g/mol. The molecule has 6 nitrogen and oxygen atoms in total. The van der Waals surface area contributed by atoms with E-state index in [0.717, 1.165) is 16.9 Å². The maximum atomic E-state index is 12.2. The molecule has 1 aromatic heterocycles. The summed E-state index contributed by atoms with van der Waals surface area (Å²) < 4.78 is 10.4. The number of esters is 1. The Bertz CT molecular complexity index is 736. The second-order valence-corrected chi connectivity index (χ2v) is 5.83. The Morgan fingerprint density at radius 2 is 1.84 bits per heavy atom. The number of nitrogens with one attached hydrogen (secondary N) is 1. The molecule has 6 heteroatoms. The topological polar surface area (TPSA) is 77.5 Å². The molecular formula is C19H22N2O4. The summed E-state index contributed by atoms with van der Waals surface area (Å²) >= 11 is 0. The van der Waals surface area contributed by atoms with Gasteiger partial charge in [-0.15, -0.1) is 0 Å². The number of ether oxygens (including phenoxy) is 2. The zero-order valence-electron chi connectivity index (χ0n) is 14.8. The fourth-order valence-electron chi connectivity index (χ4n) is 2.34. The third-order valence-corrected chi connectivity index (χ3v) is 3.68. The van der Waals surface area contributed by atoms with Gasteiger partial charge in [0, 0.05) is 6.20 Å². The normalized spacial score (nSPS) is 11.5. The predicted octanol–water partition coefficient (Wildman–Crippen LogP) is 2.68. The number of carbonyl (C=O) groups is 2. The summed E-state index contributed by atoms with van der Waals surface area (Å²) in [4.78, 5) is 27.6. The van der Waals surface area contributed by atoms with E-state index in [2.05, 4.69) is 15.0 Å². The molecule has 1 atom stereocenters. The number of methoxy groups -OCH3 is 1. The summed E-state index contributed by atoms with van der Waals surface area (Å²) in [6, 6.07) is 8.74. The fourth-order valence-corrected chi connectivity index (χ4v) is 2.34. The Hall–Kier alpha value is -2.89. The highest BCUT2D eigenvalue weighted by molar-refractivity contribution is 5.94. The van der Waals surface area contributed by atoms with Crippen LogP contribution in [0.2, 0.25) is 0 Å². The van der Waals surface area contributed by atoms with Crippen LogP contribution in [0.4, 0.5) is 0 Å². The van der Waals surface area contributed by atoms with E-state index < -0.39 is 5.97 Å². The Balaban J connectivity index is 1.92. The van der Waals surface area contributed by atoms with Gasteiger partial charge in [-0.25, -0.2) is 4.79 Å². The molecule has 0 saturated heterocycles. The molecule has 1 amide bonds. The predicted molar refractivity (Wildman–Crippen MR) is 93.9 cm³/mol. The van der Waals surface area contributed by atoms with Gasteiger partial charge >= 0.3 is 5.97 Å². The number of aryl methyl sites for hydroxylation is 2. The minimum Gasteiger partial charge on any atom is -0.491 e. The van der Waals surface area contributed by atoms with Crippen molar-refractivity contribution in [2.24, 2.45) is 0 Å². The molecule has 1 aromatic carbocycles. The number of pyridine rings is 1. The highest BCUT2D eigenvalue weighted by Crippen LogP contribution is 2.22. The van der Waals surface area contributed by atoms with Crippen molar-refractivity contribution in [1.82, 2.24) is 10.3 Å². The van der Waals surface area contributed by atoms with Gasteiger partial charge in [0.15, 0.2) is 0 Å². The highest BCUT2D eigenvalue weighted by atomic mass is 16.5. The van der Waals surface area contributed by atoms with E-state index in [1.54, 1.807) is 0 Å². The first kappa shape index (κ1) is 18.4. The smallest absolute Gasteiger partial charge is 0.339 e. The summed E-state index contributed by atoms with van der Waals surface area (Å²) in [5.74, 6) is 0.0213. The van der Waals surface area contributed by atoms with Crippen molar-refractivity contribution in [3.63, 3.8) is 0 Å². The number of hydrogen-bond donors (Lipinski definition) is 1. The molecule has 0 aliphatic carbocycles. The first-order chi connectivity index (χ1) is 11.9. The summed E-state index contributed by atoms with van der Waals surface area (Å²) in [5, 5.41) is 2.83. The van der Waals surface area contributed by atoms with Crippen molar-refractivity contribution >= 4 is 11.9 Å². The lowest BCUT2D eigenvalue weighted by atomic mass is 10.1. The Morgan fingerprint density at radius 3 is 2.40 bits per heavy atom. The lowest BCUT2D eigenvalue weighted by Gasteiger charge is -2.17. The van der Waals surface area contributed by atoms with Gasteiger partial charge in [-0.1, -0.05) is 18.2 Å². The average molecular weight is 342 g/mol. The van der Waals surface area contributed by atoms with E-state index in [0.29, 0.717) is 12.2 Å². The quantitative estimate of drug-likeness (QED) is 0.817. The van der Waals surface area contributed by atoms with E-state index in [4.69, 9.17) is 4.74 Å². The number of hydrogen-bond acceptors (Lipinski definition) is 5. The molecule has 0 fully saturated rings. The first-order valence-electron chi connectivity index (χ1n) is 7.96. The molecule has 1 unspecified atom stereocenters. The van der Waals surface area contributed by atoms with Gasteiger partial charge < -0.3 is 14.8 Å². The molecule has 2 aromatic rings. The molecule has 1 heterocycles. The van der Waals surface area contributed by atoms with Crippen LogP contribution in [0.25, 0.3) is 0 Å². The van der Waals surface area contributed by atoms with Crippen LogP contribution in [-0.4, -0.2) is 36.6 Å². The highest BCUT2D eigenvalue weighted by Gasteiger charge is 2.14. The zero-order valence-corrected chi connectivity index (χ0v) is 14.8. The minimum atomic E-state index is -0.491. The third-order valence-electron chi connectivity index (χ3n) is 3.68. The van der Waals surface area contributed by atoms with Crippen molar-refractivity contribution in [3.8, 4) is 5.75 Å². The van der Waals surface area contributed by atoms with E-state index in [9.17, 15) is 9.59 Å². The maximum absolute atomic E-state index is 12.2. The molecule has 132 valence electrons. The van der Waals surface area contributed by atoms with E-state index in [-0.39, 0.29) is 17.6 Å². The number of carbonyl (C=O) groups excluding carboxylic acids is 2. The monoisotopic (exact) mass is 342 g/mol. The SMILES string of the molecule is COC(=O)c1ccc(C(=O)NC(C)COc2c(C)cccc2C)nc1. The number of benzene rings is 1. The van der Waals surface area contributed by atoms with Crippen LogP contribution in [0, 0.1) is 13.8 Å². The van der Waals surface area contributed by atoms with Crippen molar-refractivity contribution in [1.29, 1.82) is 0 Å².